The minimum Gasteiger partial charge on any atom is -0.457 e. The van der Waals surface area contributed by atoms with Crippen LogP contribution < -0.4 is 10.5 Å². The van der Waals surface area contributed by atoms with Crippen LogP contribution in [-0.4, -0.2) is 24.1 Å². The molecular weight excluding hydrogens is 410 g/mol. The van der Waals surface area contributed by atoms with E-state index in [9.17, 15) is 8.42 Å². The SMILES string of the molecule is CC(C)c1nc2c(N)cccn2c1-c1cccc(Oc2cccc(CS(C)(=O)=O)c2)c1. The Bertz CT molecular complexity index is 1360. The first-order valence-electron chi connectivity index (χ1n) is 10.0. The van der Waals surface area contributed by atoms with Gasteiger partial charge in [-0.3, -0.25) is 4.40 Å². The van der Waals surface area contributed by atoms with E-state index in [4.69, 9.17) is 15.5 Å². The van der Waals surface area contributed by atoms with Gasteiger partial charge < -0.3 is 10.5 Å². The van der Waals surface area contributed by atoms with E-state index in [0.717, 1.165) is 22.6 Å². The Morgan fingerprint density at radius 3 is 2.45 bits per heavy atom. The zero-order valence-electron chi connectivity index (χ0n) is 17.7. The average Bonchev–Trinajstić information content (AvgIpc) is 3.08. The van der Waals surface area contributed by atoms with Crippen LogP contribution >= 0.6 is 0 Å². The van der Waals surface area contributed by atoms with Gasteiger partial charge >= 0.3 is 0 Å². The molecule has 0 radical (unpaired) electrons. The summed E-state index contributed by atoms with van der Waals surface area (Å²) in [7, 11) is -3.12. The fraction of sp³-hybridized carbons (Fsp3) is 0.208. The van der Waals surface area contributed by atoms with Crippen molar-refractivity contribution < 1.29 is 13.2 Å². The van der Waals surface area contributed by atoms with Crippen LogP contribution in [0, 0.1) is 0 Å². The smallest absolute Gasteiger partial charge is 0.160 e. The summed E-state index contributed by atoms with van der Waals surface area (Å²) in [5.74, 6) is 1.43. The first-order chi connectivity index (χ1) is 14.7. The lowest BCUT2D eigenvalue weighted by atomic mass is 10.0. The van der Waals surface area contributed by atoms with Crippen molar-refractivity contribution in [2.45, 2.75) is 25.5 Å². The van der Waals surface area contributed by atoms with Crippen molar-refractivity contribution in [3.63, 3.8) is 0 Å². The van der Waals surface area contributed by atoms with Crippen molar-refractivity contribution >= 4 is 21.2 Å². The first kappa shape index (κ1) is 20.9. The van der Waals surface area contributed by atoms with Crippen LogP contribution in [0.15, 0.2) is 66.9 Å². The number of hydrogen-bond donors (Lipinski definition) is 1. The predicted molar refractivity (Wildman–Crippen MR) is 124 cm³/mol. The largest absolute Gasteiger partial charge is 0.457 e. The number of nitrogens with two attached hydrogens (primary N) is 1. The van der Waals surface area contributed by atoms with Gasteiger partial charge in [-0.15, -0.1) is 0 Å². The summed E-state index contributed by atoms with van der Waals surface area (Å²) in [4.78, 5) is 4.79. The molecule has 0 amide bonds. The minimum atomic E-state index is -3.12. The Balaban J connectivity index is 1.73. The van der Waals surface area contributed by atoms with Gasteiger partial charge in [0.1, 0.15) is 11.5 Å². The second-order valence-electron chi connectivity index (χ2n) is 8.00. The lowest BCUT2D eigenvalue weighted by molar-refractivity contribution is 0.482. The van der Waals surface area contributed by atoms with Crippen molar-refractivity contribution in [3.05, 3.63) is 78.1 Å². The van der Waals surface area contributed by atoms with Gasteiger partial charge in [0.25, 0.3) is 0 Å². The molecule has 0 bridgehead atoms. The number of benzene rings is 2. The van der Waals surface area contributed by atoms with Gasteiger partial charge in [-0.05, 0) is 47.9 Å². The molecule has 4 aromatic rings. The Morgan fingerprint density at radius 1 is 1.03 bits per heavy atom. The average molecular weight is 436 g/mol. The van der Waals surface area contributed by atoms with E-state index in [2.05, 4.69) is 13.8 Å². The molecule has 7 heteroatoms. The van der Waals surface area contributed by atoms with Gasteiger partial charge in [0.15, 0.2) is 15.5 Å². The number of rotatable bonds is 6. The van der Waals surface area contributed by atoms with Crippen LogP contribution in [0.3, 0.4) is 0 Å². The summed E-state index contributed by atoms with van der Waals surface area (Å²) in [5, 5.41) is 0. The second kappa shape index (κ2) is 8.07. The fourth-order valence-electron chi connectivity index (χ4n) is 3.64. The van der Waals surface area contributed by atoms with Crippen molar-refractivity contribution in [3.8, 4) is 22.8 Å². The second-order valence-corrected chi connectivity index (χ2v) is 10.1. The molecule has 160 valence electrons. The molecule has 0 spiro atoms. The summed E-state index contributed by atoms with van der Waals surface area (Å²) < 4.78 is 31.3. The molecule has 4 rings (SSSR count). The maximum Gasteiger partial charge on any atom is 0.160 e. The molecule has 6 nitrogen and oxygen atoms in total. The van der Waals surface area contributed by atoms with E-state index in [0.29, 0.717) is 22.7 Å². The number of anilines is 1. The Labute approximate surface area is 182 Å². The topological polar surface area (TPSA) is 86.7 Å². The van der Waals surface area contributed by atoms with Crippen LogP contribution in [-0.2, 0) is 15.6 Å². The molecule has 0 aliphatic carbocycles. The summed E-state index contributed by atoms with van der Waals surface area (Å²) in [5.41, 5.74) is 11.1. The molecule has 0 aliphatic rings. The molecule has 0 saturated heterocycles. The molecule has 0 atom stereocenters. The van der Waals surface area contributed by atoms with Gasteiger partial charge in [0.05, 0.1) is 22.8 Å². The number of nitrogens with zero attached hydrogens (tertiary/aromatic N) is 2. The minimum absolute atomic E-state index is 0.0226. The van der Waals surface area contributed by atoms with Crippen LogP contribution in [0.25, 0.3) is 16.9 Å². The Hall–Kier alpha value is -3.32. The van der Waals surface area contributed by atoms with Gasteiger partial charge in [0.2, 0.25) is 0 Å². The highest BCUT2D eigenvalue weighted by atomic mass is 32.2. The maximum atomic E-state index is 11.6. The van der Waals surface area contributed by atoms with Gasteiger partial charge in [-0.2, -0.15) is 0 Å². The summed E-state index contributed by atoms with van der Waals surface area (Å²) in [6, 6.07) is 18.7. The summed E-state index contributed by atoms with van der Waals surface area (Å²) in [6.45, 7) is 4.21. The van der Waals surface area contributed by atoms with Crippen molar-refractivity contribution in [1.29, 1.82) is 0 Å². The number of nitrogen functional groups attached to an aromatic ring is 1. The third-order valence-electron chi connectivity index (χ3n) is 4.92. The molecule has 2 aromatic heterocycles. The summed E-state index contributed by atoms with van der Waals surface area (Å²) >= 11 is 0. The van der Waals surface area contributed by atoms with Crippen molar-refractivity contribution in [1.82, 2.24) is 9.38 Å². The number of hydrogen-bond acceptors (Lipinski definition) is 5. The first-order valence-corrected chi connectivity index (χ1v) is 12.1. The highest BCUT2D eigenvalue weighted by molar-refractivity contribution is 7.89. The number of ether oxygens (including phenoxy) is 1. The quantitative estimate of drug-likeness (QED) is 0.458. The van der Waals surface area contributed by atoms with E-state index in [1.807, 2.05) is 53.1 Å². The number of pyridine rings is 1. The molecule has 0 saturated carbocycles. The van der Waals surface area contributed by atoms with Crippen LogP contribution in [0.4, 0.5) is 5.69 Å². The third-order valence-corrected chi connectivity index (χ3v) is 5.78. The molecular formula is C24H25N3O3S. The van der Waals surface area contributed by atoms with Gasteiger partial charge in [0, 0.05) is 18.0 Å². The molecule has 2 N–H and O–H groups in total. The van der Waals surface area contributed by atoms with Crippen molar-refractivity contribution in [2.75, 3.05) is 12.0 Å². The highest BCUT2D eigenvalue weighted by Gasteiger charge is 2.18. The number of imidazole rings is 1. The van der Waals surface area contributed by atoms with E-state index < -0.39 is 9.84 Å². The van der Waals surface area contributed by atoms with Crippen LogP contribution in [0.1, 0.15) is 31.0 Å². The van der Waals surface area contributed by atoms with E-state index in [1.54, 1.807) is 18.2 Å². The highest BCUT2D eigenvalue weighted by Crippen LogP contribution is 2.34. The predicted octanol–water partition coefficient (Wildman–Crippen LogP) is 5.04. The lowest BCUT2D eigenvalue weighted by Gasteiger charge is -2.11. The zero-order valence-corrected chi connectivity index (χ0v) is 18.6. The van der Waals surface area contributed by atoms with Crippen molar-refractivity contribution in [2.24, 2.45) is 0 Å². The maximum absolute atomic E-state index is 11.6. The molecule has 2 aromatic carbocycles. The Morgan fingerprint density at radius 2 is 1.74 bits per heavy atom. The molecule has 0 unspecified atom stereocenters. The number of fused-ring (bicyclic) bond motifs is 1. The Kier molecular flexibility index (Phi) is 5.45. The van der Waals surface area contributed by atoms with Gasteiger partial charge in [-0.1, -0.05) is 38.1 Å². The van der Waals surface area contributed by atoms with Crippen LogP contribution in [0.5, 0.6) is 11.5 Å². The van der Waals surface area contributed by atoms with E-state index >= 15 is 0 Å². The molecule has 2 heterocycles. The lowest BCUT2D eigenvalue weighted by Crippen LogP contribution is -2.00. The summed E-state index contributed by atoms with van der Waals surface area (Å²) in [6.07, 6.45) is 3.18. The third kappa shape index (κ3) is 4.56. The molecule has 0 fully saturated rings. The monoisotopic (exact) mass is 435 g/mol. The fourth-order valence-corrected chi connectivity index (χ4v) is 4.43. The van der Waals surface area contributed by atoms with Crippen LogP contribution in [0.2, 0.25) is 0 Å². The molecule has 0 aliphatic heterocycles. The number of sulfone groups is 1. The van der Waals surface area contributed by atoms with E-state index in [-0.39, 0.29) is 11.7 Å². The number of aromatic nitrogens is 2. The standard InChI is InChI=1S/C24H25N3O3S/c1-16(2)22-23(27-12-6-11-21(25)24(27)26-22)18-8-5-10-20(14-18)30-19-9-4-7-17(13-19)15-31(3,28)29/h4-14,16H,15,25H2,1-3H3. The zero-order chi connectivity index (χ0) is 22.2. The van der Waals surface area contributed by atoms with E-state index in [1.165, 1.54) is 6.26 Å². The molecule has 31 heavy (non-hydrogen) atoms. The van der Waals surface area contributed by atoms with Gasteiger partial charge in [-0.25, -0.2) is 13.4 Å². The normalized spacial score (nSPS) is 11.9.